The molecule has 1 aliphatic rings. The topological polar surface area (TPSA) is 64.4 Å². The highest BCUT2D eigenvalue weighted by Gasteiger charge is 2.42. The van der Waals surface area contributed by atoms with Gasteiger partial charge >= 0.3 is 5.97 Å². The van der Waals surface area contributed by atoms with E-state index in [0.29, 0.717) is 25.9 Å². The molecule has 3 rings (SSSR count). The summed E-state index contributed by atoms with van der Waals surface area (Å²) in [7, 11) is 0. The molecule has 0 spiro atoms. The second kappa shape index (κ2) is 8.33. The van der Waals surface area contributed by atoms with Crippen LogP contribution >= 0.6 is 0 Å². The molecule has 7 heteroatoms. The number of aryl methyl sites for hydroxylation is 1. The zero-order chi connectivity index (χ0) is 19.4. The van der Waals surface area contributed by atoms with Crippen molar-refractivity contribution in [2.45, 2.75) is 45.4 Å². The molecule has 27 heavy (non-hydrogen) atoms. The normalized spacial score (nSPS) is 19.5. The molecule has 0 aliphatic carbocycles. The van der Waals surface area contributed by atoms with Gasteiger partial charge in [0.05, 0.1) is 24.4 Å². The van der Waals surface area contributed by atoms with Crippen LogP contribution in [0.1, 0.15) is 38.3 Å². The summed E-state index contributed by atoms with van der Waals surface area (Å²) < 4.78 is 20.6. The molecule has 0 radical (unpaired) electrons. The van der Waals surface area contributed by atoms with Crippen LogP contribution in [0.4, 0.5) is 4.39 Å². The van der Waals surface area contributed by atoms with E-state index in [0.717, 1.165) is 5.56 Å². The monoisotopic (exact) mass is 373 g/mol. The van der Waals surface area contributed by atoms with Crippen LogP contribution in [0.15, 0.2) is 43.0 Å². The average Bonchev–Trinajstić information content (AvgIpc) is 3.29. The maximum Gasteiger partial charge on any atom is 0.311 e. The van der Waals surface area contributed by atoms with Crippen molar-refractivity contribution < 1.29 is 18.7 Å². The number of ether oxygens (including phenoxy) is 1. The molecule has 0 N–H and O–H groups in total. The van der Waals surface area contributed by atoms with Crippen molar-refractivity contribution >= 4 is 11.9 Å². The van der Waals surface area contributed by atoms with E-state index in [4.69, 9.17) is 4.74 Å². The first-order valence-corrected chi connectivity index (χ1v) is 9.17. The van der Waals surface area contributed by atoms with Crippen LogP contribution in [0.5, 0.6) is 0 Å². The fourth-order valence-corrected chi connectivity index (χ4v) is 3.50. The van der Waals surface area contributed by atoms with Crippen molar-refractivity contribution in [3.63, 3.8) is 0 Å². The molecule has 6 nitrogen and oxygen atoms in total. The molecule has 1 aromatic heterocycles. The van der Waals surface area contributed by atoms with Crippen LogP contribution in [0, 0.1) is 11.7 Å². The Hall–Kier alpha value is -2.70. The zero-order valence-corrected chi connectivity index (χ0v) is 15.5. The Morgan fingerprint density at radius 1 is 1.30 bits per heavy atom. The van der Waals surface area contributed by atoms with Crippen LogP contribution in [-0.2, 0) is 20.9 Å². The summed E-state index contributed by atoms with van der Waals surface area (Å²) in [6, 6.07) is 5.54. The Morgan fingerprint density at radius 3 is 2.67 bits per heavy atom. The lowest BCUT2D eigenvalue weighted by atomic mass is 9.93. The van der Waals surface area contributed by atoms with Gasteiger partial charge in [0.15, 0.2) is 0 Å². The highest BCUT2D eigenvalue weighted by molar-refractivity contribution is 5.80. The zero-order valence-electron chi connectivity index (χ0n) is 15.5. The molecule has 1 aliphatic heterocycles. The van der Waals surface area contributed by atoms with Crippen LogP contribution < -0.4 is 0 Å². The largest absolute Gasteiger partial charge is 0.463 e. The summed E-state index contributed by atoms with van der Waals surface area (Å²) in [5, 5.41) is 0. The van der Waals surface area contributed by atoms with Crippen molar-refractivity contribution in [3.05, 3.63) is 54.4 Å². The number of halogens is 1. The Bertz CT molecular complexity index is 774. The molecular weight excluding hydrogens is 349 g/mol. The van der Waals surface area contributed by atoms with Gasteiger partial charge in [0, 0.05) is 31.9 Å². The lowest BCUT2D eigenvalue weighted by Gasteiger charge is -2.28. The van der Waals surface area contributed by atoms with Crippen molar-refractivity contribution in [2.75, 3.05) is 6.54 Å². The van der Waals surface area contributed by atoms with Crippen molar-refractivity contribution in [3.8, 4) is 0 Å². The number of carbonyl (C=O) groups is 2. The molecule has 2 aromatic rings. The Kier molecular flexibility index (Phi) is 5.88. The molecule has 1 saturated heterocycles. The maximum atomic E-state index is 13.4. The first-order valence-electron chi connectivity index (χ1n) is 9.17. The van der Waals surface area contributed by atoms with Gasteiger partial charge in [-0.15, -0.1) is 0 Å². The first-order chi connectivity index (χ1) is 13.0. The van der Waals surface area contributed by atoms with Gasteiger partial charge in [-0.1, -0.05) is 12.1 Å². The summed E-state index contributed by atoms with van der Waals surface area (Å²) in [6.45, 7) is 4.59. The highest BCUT2D eigenvalue weighted by atomic mass is 19.1. The number of hydrogen-bond donors (Lipinski definition) is 0. The van der Waals surface area contributed by atoms with E-state index in [-0.39, 0.29) is 23.8 Å². The Labute approximate surface area is 157 Å². The van der Waals surface area contributed by atoms with E-state index in [1.54, 1.807) is 49.6 Å². The van der Waals surface area contributed by atoms with Gasteiger partial charge in [-0.2, -0.15) is 0 Å². The summed E-state index contributed by atoms with van der Waals surface area (Å²) in [5.74, 6) is -1.16. The van der Waals surface area contributed by atoms with E-state index in [9.17, 15) is 14.0 Å². The molecule has 144 valence electrons. The number of nitrogens with zero attached hydrogens (tertiary/aromatic N) is 3. The van der Waals surface area contributed by atoms with Gasteiger partial charge in [0.2, 0.25) is 5.91 Å². The second-order valence-electron chi connectivity index (χ2n) is 7.01. The van der Waals surface area contributed by atoms with E-state index in [1.165, 1.54) is 12.1 Å². The summed E-state index contributed by atoms with van der Waals surface area (Å²) in [5.41, 5.74) is 0.746. The van der Waals surface area contributed by atoms with E-state index < -0.39 is 12.0 Å². The summed E-state index contributed by atoms with van der Waals surface area (Å²) in [6.07, 6.45) is 5.75. The fraction of sp³-hybridized carbons (Fsp3) is 0.450. The molecular formula is C20H24FN3O3. The minimum absolute atomic E-state index is 0.0436. The predicted octanol–water partition coefficient (Wildman–Crippen LogP) is 2.95. The lowest BCUT2D eigenvalue weighted by Crippen LogP contribution is -2.35. The van der Waals surface area contributed by atoms with Crippen molar-refractivity contribution in [2.24, 2.45) is 5.92 Å². The predicted molar refractivity (Wildman–Crippen MR) is 97.0 cm³/mol. The standard InChI is InChI=1S/C20H24FN3O3/c1-14(2)27-20(26)17-7-11-24(18(25)8-10-23-12-9-22-13-23)19(17)15-3-5-16(21)6-4-15/h3-6,9,12-14,17,19H,7-8,10-11H2,1-2H3/t17-,19-/m1/s1. The van der Waals surface area contributed by atoms with Gasteiger partial charge in [-0.05, 0) is 38.0 Å². The number of rotatable bonds is 6. The van der Waals surface area contributed by atoms with Gasteiger partial charge in [0.1, 0.15) is 5.82 Å². The molecule has 0 bridgehead atoms. The molecule has 1 fully saturated rings. The number of esters is 1. The summed E-state index contributed by atoms with van der Waals surface area (Å²) >= 11 is 0. The smallest absolute Gasteiger partial charge is 0.311 e. The van der Waals surface area contributed by atoms with Gasteiger partial charge in [0.25, 0.3) is 0 Å². The molecule has 1 aromatic carbocycles. The van der Waals surface area contributed by atoms with Crippen molar-refractivity contribution in [1.82, 2.24) is 14.5 Å². The van der Waals surface area contributed by atoms with Crippen LogP contribution in [0.2, 0.25) is 0 Å². The quantitative estimate of drug-likeness (QED) is 0.731. The van der Waals surface area contributed by atoms with Crippen LogP contribution in [-0.4, -0.2) is 39.0 Å². The van der Waals surface area contributed by atoms with Crippen molar-refractivity contribution in [1.29, 1.82) is 0 Å². The van der Waals surface area contributed by atoms with Crippen LogP contribution in [0.25, 0.3) is 0 Å². The van der Waals surface area contributed by atoms with Gasteiger partial charge in [-0.3, -0.25) is 9.59 Å². The third kappa shape index (κ3) is 4.53. The molecule has 1 amide bonds. The van der Waals surface area contributed by atoms with Gasteiger partial charge in [-0.25, -0.2) is 9.37 Å². The average molecular weight is 373 g/mol. The number of benzene rings is 1. The second-order valence-corrected chi connectivity index (χ2v) is 7.01. The molecule has 0 unspecified atom stereocenters. The number of aromatic nitrogens is 2. The number of hydrogen-bond acceptors (Lipinski definition) is 4. The lowest BCUT2D eigenvalue weighted by molar-refractivity contribution is -0.153. The van der Waals surface area contributed by atoms with Crippen LogP contribution in [0.3, 0.4) is 0 Å². The Morgan fingerprint density at radius 2 is 2.04 bits per heavy atom. The SMILES string of the molecule is CC(C)OC(=O)[C@@H]1CCN(C(=O)CCn2ccnc2)[C@@H]1c1ccc(F)cc1. The minimum atomic E-state index is -0.449. The fourth-order valence-electron chi connectivity index (χ4n) is 3.50. The third-order valence-corrected chi connectivity index (χ3v) is 4.73. The summed E-state index contributed by atoms with van der Waals surface area (Å²) in [4.78, 5) is 31.1. The first kappa shape index (κ1) is 19.1. The Balaban J connectivity index is 1.79. The minimum Gasteiger partial charge on any atom is -0.463 e. The van der Waals surface area contributed by atoms with Gasteiger partial charge < -0.3 is 14.2 Å². The van der Waals surface area contributed by atoms with E-state index in [1.807, 2.05) is 4.57 Å². The number of imidazole rings is 1. The van der Waals surface area contributed by atoms with E-state index in [2.05, 4.69) is 4.98 Å². The number of carbonyl (C=O) groups excluding carboxylic acids is 2. The molecule has 2 atom stereocenters. The third-order valence-electron chi connectivity index (χ3n) is 4.73. The molecule has 2 heterocycles. The number of amides is 1. The number of likely N-dealkylation sites (tertiary alicyclic amines) is 1. The molecule has 0 saturated carbocycles. The maximum absolute atomic E-state index is 13.4. The van der Waals surface area contributed by atoms with E-state index >= 15 is 0 Å². The highest BCUT2D eigenvalue weighted by Crippen LogP contribution is 2.38.